The minimum Gasteiger partial charge on any atom is -0.315 e. The zero-order valence-corrected chi connectivity index (χ0v) is 9.06. The molecule has 0 bridgehead atoms. The van der Waals surface area contributed by atoms with Crippen molar-refractivity contribution in [2.24, 2.45) is 5.92 Å². The largest absolute Gasteiger partial charge is 0.315 e. The maximum Gasteiger partial charge on any atom is 0.0101 e. The fourth-order valence-electron chi connectivity index (χ4n) is 1.25. The molecule has 1 unspecified atom stereocenters. The summed E-state index contributed by atoms with van der Waals surface area (Å²) in [6.45, 7) is 7.98. The van der Waals surface area contributed by atoms with Crippen LogP contribution < -0.4 is 5.32 Å². The van der Waals surface area contributed by atoms with Crippen LogP contribution in [-0.2, 0) is 0 Å². The topological polar surface area (TPSA) is 15.3 Å². The number of nitrogens with zero attached hydrogens (tertiary/aromatic N) is 1. The molecule has 74 valence electrons. The average molecular weight is 172 g/mol. The van der Waals surface area contributed by atoms with E-state index in [-0.39, 0.29) is 0 Å². The Morgan fingerprint density at radius 2 is 2.00 bits per heavy atom. The molecule has 0 saturated heterocycles. The lowest BCUT2D eigenvalue weighted by molar-refractivity contribution is 0.386. The van der Waals surface area contributed by atoms with Crippen LogP contribution >= 0.6 is 0 Å². The molecule has 0 spiro atoms. The summed E-state index contributed by atoms with van der Waals surface area (Å²) >= 11 is 0. The van der Waals surface area contributed by atoms with Gasteiger partial charge in [-0.1, -0.05) is 20.3 Å². The summed E-state index contributed by atoms with van der Waals surface area (Å²) in [6, 6.07) is 0. The monoisotopic (exact) mass is 172 g/mol. The third kappa shape index (κ3) is 8.02. The molecule has 0 aromatic heterocycles. The molecule has 0 rings (SSSR count). The molecule has 2 heteroatoms. The van der Waals surface area contributed by atoms with E-state index in [0.29, 0.717) is 0 Å². The SMILES string of the molecule is CCCC(C)CNCCN(C)C. The Hall–Kier alpha value is -0.0800. The lowest BCUT2D eigenvalue weighted by Gasteiger charge is -2.13. The highest BCUT2D eigenvalue weighted by molar-refractivity contribution is 4.57. The Morgan fingerprint density at radius 1 is 1.33 bits per heavy atom. The van der Waals surface area contributed by atoms with Gasteiger partial charge in [-0.2, -0.15) is 0 Å². The highest BCUT2D eigenvalue weighted by Crippen LogP contribution is 2.01. The van der Waals surface area contributed by atoms with Gasteiger partial charge in [-0.25, -0.2) is 0 Å². The molecule has 0 fully saturated rings. The van der Waals surface area contributed by atoms with Crippen LogP contribution in [0.1, 0.15) is 26.7 Å². The smallest absolute Gasteiger partial charge is 0.0101 e. The van der Waals surface area contributed by atoms with E-state index in [2.05, 4.69) is 38.2 Å². The van der Waals surface area contributed by atoms with E-state index >= 15 is 0 Å². The Kier molecular flexibility index (Phi) is 7.51. The van der Waals surface area contributed by atoms with E-state index in [1.807, 2.05) is 0 Å². The molecule has 1 atom stereocenters. The van der Waals surface area contributed by atoms with Crippen LogP contribution in [0.3, 0.4) is 0 Å². The second-order valence-electron chi connectivity index (χ2n) is 3.90. The molecule has 2 nitrogen and oxygen atoms in total. The van der Waals surface area contributed by atoms with Crippen LogP contribution in [0.15, 0.2) is 0 Å². The van der Waals surface area contributed by atoms with Crippen LogP contribution in [0.25, 0.3) is 0 Å². The number of rotatable bonds is 7. The van der Waals surface area contributed by atoms with Crippen molar-refractivity contribution in [1.82, 2.24) is 10.2 Å². The van der Waals surface area contributed by atoms with Crippen molar-refractivity contribution >= 4 is 0 Å². The van der Waals surface area contributed by atoms with Gasteiger partial charge in [-0.15, -0.1) is 0 Å². The van der Waals surface area contributed by atoms with Crippen LogP contribution in [0.5, 0.6) is 0 Å². The first-order valence-electron chi connectivity index (χ1n) is 5.02. The zero-order chi connectivity index (χ0) is 9.40. The van der Waals surface area contributed by atoms with Crippen molar-refractivity contribution in [2.45, 2.75) is 26.7 Å². The predicted molar refractivity (Wildman–Crippen MR) is 55.5 cm³/mol. The number of hydrogen-bond acceptors (Lipinski definition) is 2. The van der Waals surface area contributed by atoms with Crippen molar-refractivity contribution in [3.05, 3.63) is 0 Å². The fourth-order valence-corrected chi connectivity index (χ4v) is 1.25. The van der Waals surface area contributed by atoms with Crippen LogP contribution in [0, 0.1) is 5.92 Å². The third-order valence-electron chi connectivity index (χ3n) is 2.01. The standard InChI is InChI=1S/C10H24N2/c1-5-6-10(2)9-11-7-8-12(3)4/h10-11H,5-9H2,1-4H3. The molecular formula is C10H24N2. The second-order valence-corrected chi connectivity index (χ2v) is 3.90. The van der Waals surface area contributed by atoms with E-state index in [1.165, 1.54) is 19.4 Å². The van der Waals surface area contributed by atoms with E-state index < -0.39 is 0 Å². The van der Waals surface area contributed by atoms with Gasteiger partial charge in [0.2, 0.25) is 0 Å². The van der Waals surface area contributed by atoms with Crippen LogP contribution in [0.4, 0.5) is 0 Å². The molecule has 0 heterocycles. The lowest BCUT2D eigenvalue weighted by atomic mass is 10.1. The van der Waals surface area contributed by atoms with Gasteiger partial charge in [0.1, 0.15) is 0 Å². The molecule has 0 radical (unpaired) electrons. The first-order valence-corrected chi connectivity index (χ1v) is 5.02. The van der Waals surface area contributed by atoms with E-state index in [1.54, 1.807) is 0 Å². The molecule has 0 amide bonds. The summed E-state index contributed by atoms with van der Waals surface area (Å²) in [5.74, 6) is 0.831. The number of hydrogen-bond donors (Lipinski definition) is 1. The predicted octanol–water partition coefficient (Wildman–Crippen LogP) is 1.57. The maximum absolute atomic E-state index is 3.46. The number of nitrogens with one attached hydrogen (secondary N) is 1. The normalized spacial score (nSPS) is 13.8. The summed E-state index contributed by atoms with van der Waals surface area (Å²) in [5.41, 5.74) is 0. The first kappa shape index (κ1) is 11.9. The molecular weight excluding hydrogens is 148 g/mol. The molecule has 0 saturated carbocycles. The molecule has 1 N–H and O–H groups in total. The molecule has 12 heavy (non-hydrogen) atoms. The summed E-state index contributed by atoms with van der Waals surface area (Å²) in [4.78, 5) is 2.21. The first-order chi connectivity index (χ1) is 5.66. The van der Waals surface area contributed by atoms with Crippen LogP contribution in [0.2, 0.25) is 0 Å². The molecule has 0 aliphatic rings. The van der Waals surface area contributed by atoms with Crippen molar-refractivity contribution in [1.29, 1.82) is 0 Å². The van der Waals surface area contributed by atoms with Crippen molar-refractivity contribution in [3.63, 3.8) is 0 Å². The number of likely N-dealkylation sites (N-methyl/N-ethyl adjacent to an activating group) is 1. The molecule has 0 aromatic carbocycles. The van der Waals surface area contributed by atoms with Crippen molar-refractivity contribution in [2.75, 3.05) is 33.7 Å². The summed E-state index contributed by atoms with van der Waals surface area (Å²) in [6.07, 6.45) is 2.64. The van der Waals surface area contributed by atoms with Gasteiger partial charge in [0, 0.05) is 13.1 Å². The van der Waals surface area contributed by atoms with Gasteiger partial charge >= 0.3 is 0 Å². The van der Waals surface area contributed by atoms with Gasteiger partial charge in [0.15, 0.2) is 0 Å². The van der Waals surface area contributed by atoms with Crippen LogP contribution in [-0.4, -0.2) is 38.6 Å². The quantitative estimate of drug-likeness (QED) is 0.586. The Bertz CT molecular complexity index is 91.8. The Labute approximate surface area is 77.3 Å². The molecule has 0 aromatic rings. The van der Waals surface area contributed by atoms with Gasteiger partial charge < -0.3 is 10.2 Å². The summed E-state index contributed by atoms with van der Waals surface area (Å²) < 4.78 is 0. The molecule has 0 aliphatic heterocycles. The average Bonchev–Trinajstić information content (AvgIpc) is 1.98. The zero-order valence-electron chi connectivity index (χ0n) is 9.06. The minimum absolute atomic E-state index is 0.831. The lowest BCUT2D eigenvalue weighted by Crippen LogP contribution is -2.29. The van der Waals surface area contributed by atoms with Crippen molar-refractivity contribution in [3.8, 4) is 0 Å². The van der Waals surface area contributed by atoms with E-state index in [0.717, 1.165) is 19.0 Å². The van der Waals surface area contributed by atoms with E-state index in [9.17, 15) is 0 Å². The Balaban J connectivity index is 3.08. The highest BCUT2D eigenvalue weighted by atomic mass is 15.1. The second kappa shape index (κ2) is 7.56. The fraction of sp³-hybridized carbons (Fsp3) is 1.00. The Morgan fingerprint density at radius 3 is 2.50 bits per heavy atom. The highest BCUT2D eigenvalue weighted by Gasteiger charge is 1.98. The van der Waals surface area contributed by atoms with E-state index in [4.69, 9.17) is 0 Å². The van der Waals surface area contributed by atoms with Gasteiger partial charge in [-0.05, 0) is 33.0 Å². The summed E-state index contributed by atoms with van der Waals surface area (Å²) in [7, 11) is 4.22. The summed E-state index contributed by atoms with van der Waals surface area (Å²) in [5, 5.41) is 3.46. The third-order valence-corrected chi connectivity index (χ3v) is 2.01. The van der Waals surface area contributed by atoms with Gasteiger partial charge in [-0.3, -0.25) is 0 Å². The molecule has 0 aliphatic carbocycles. The maximum atomic E-state index is 3.46. The van der Waals surface area contributed by atoms with Gasteiger partial charge in [0.05, 0.1) is 0 Å². The van der Waals surface area contributed by atoms with Crippen molar-refractivity contribution < 1.29 is 0 Å². The minimum atomic E-state index is 0.831. The van der Waals surface area contributed by atoms with Gasteiger partial charge in [0.25, 0.3) is 0 Å².